The van der Waals surface area contributed by atoms with E-state index in [1.165, 1.54) is 27.7 Å². The van der Waals surface area contributed by atoms with Crippen molar-refractivity contribution in [2.75, 3.05) is 43.8 Å². The second-order valence-corrected chi connectivity index (χ2v) is 14.9. The first-order valence-corrected chi connectivity index (χ1v) is 15.3. The first-order valence-electron chi connectivity index (χ1n) is 8.70. The van der Waals surface area contributed by atoms with Crippen LogP contribution in [0.2, 0.25) is 0 Å². The Morgan fingerprint density at radius 3 is 1.38 bits per heavy atom. The zero-order chi connectivity index (χ0) is 22.2. The van der Waals surface area contributed by atoms with Gasteiger partial charge >= 0.3 is 15.2 Å². The number of rotatable bonds is 10. The molecule has 2 fully saturated rings. The van der Waals surface area contributed by atoms with E-state index in [9.17, 15) is 26.0 Å². The minimum Gasteiger partial charge on any atom is -0.308 e. The molecule has 0 amide bonds. The molecule has 0 radical (unpaired) electrons. The van der Waals surface area contributed by atoms with E-state index in [4.69, 9.17) is 18.1 Å². The van der Waals surface area contributed by atoms with Crippen LogP contribution >= 0.6 is 15.2 Å². The van der Waals surface area contributed by atoms with Gasteiger partial charge in [-0.25, -0.2) is 0 Å². The molecule has 2 aliphatic rings. The van der Waals surface area contributed by atoms with Gasteiger partial charge in [-0.05, 0) is 27.7 Å². The average Bonchev–Trinajstić information content (AvgIpc) is 2.92. The molecule has 0 N–H and O–H groups in total. The van der Waals surface area contributed by atoms with Gasteiger partial charge in [0.05, 0.1) is 26.4 Å². The van der Waals surface area contributed by atoms with Crippen LogP contribution in [-0.2, 0) is 55.8 Å². The van der Waals surface area contributed by atoms with Gasteiger partial charge in [-0.15, -0.1) is 0 Å². The highest BCUT2D eigenvalue weighted by Gasteiger charge is 2.52. The molecule has 0 spiro atoms. The van der Waals surface area contributed by atoms with E-state index in [-0.39, 0.29) is 13.2 Å². The topological polar surface area (TPSA) is 158 Å². The molecule has 2 heterocycles. The lowest BCUT2D eigenvalue weighted by molar-refractivity contribution is 0.0538. The molecular weight excluding hydrogens is 474 g/mol. The molecule has 2 aliphatic heterocycles. The fourth-order valence-electron chi connectivity index (χ4n) is 2.92. The maximum Gasteiger partial charge on any atom is 0.343 e. The van der Waals surface area contributed by atoms with Gasteiger partial charge in [0.2, 0.25) is 0 Å². The molecule has 0 saturated carbocycles. The van der Waals surface area contributed by atoms with Crippen LogP contribution in [0, 0.1) is 0 Å². The van der Waals surface area contributed by atoms with Gasteiger partial charge in [0.25, 0.3) is 20.2 Å². The van der Waals surface area contributed by atoms with Crippen molar-refractivity contribution in [1.82, 2.24) is 0 Å². The normalized spacial score (nSPS) is 35.2. The fourth-order valence-corrected chi connectivity index (χ4v) is 11.2. The lowest BCUT2D eigenvalue weighted by Gasteiger charge is -2.32. The summed E-state index contributed by atoms with van der Waals surface area (Å²) in [5.41, 5.74) is -2.99. The fraction of sp³-hybridized carbons (Fsp3) is 1.00. The van der Waals surface area contributed by atoms with Crippen molar-refractivity contribution in [2.24, 2.45) is 0 Å². The van der Waals surface area contributed by atoms with Gasteiger partial charge in [-0.3, -0.25) is 26.5 Å². The molecule has 2 saturated heterocycles. The molecule has 0 aromatic heterocycles. The third-order valence-electron chi connectivity index (χ3n) is 3.77. The highest BCUT2D eigenvalue weighted by molar-refractivity contribution is 7.87. The summed E-state index contributed by atoms with van der Waals surface area (Å²) in [6.07, 6.45) is 0. The van der Waals surface area contributed by atoms with Gasteiger partial charge < -0.3 is 9.05 Å². The molecule has 4 atom stereocenters. The molecule has 0 aromatic rings. The van der Waals surface area contributed by atoms with E-state index in [1.807, 2.05) is 0 Å². The lowest BCUT2D eigenvalue weighted by atomic mass is 10.2. The van der Waals surface area contributed by atoms with Gasteiger partial charge in [0.1, 0.15) is 22.7 Å². The minimum atomic E-state index is -4.21. The van der Waals surface area contributed by atoms with Gasteiger partial charge in [-0.1, -0.05) is 0 Å². The minimum absolute atomic E-state index is 0.0954. The standard InChI is InChI=1S/C13H26O12P2S2/c1-5-20-26(14,24-12(3)7-22-28(16,17)9-12)11-27(15,21-6-2)25-13(4)8-23-29(18,19)10-13/h5-11H2,1-4H3. The quantitative estimate of drug-likeness (QED) is 0.316. The third-order valence-corrected chi connectivity index (χ3v) is 12.2. The maximum atomic E-state index is 13.3. The Bertz CT molecular complexity index is 842. The van der Waals surface area contributed by atoms with Crippen molar-refractivity contribution >= 4 is 35.4 Å². The molecule has 2 rings (SSSR count). The number of hydrogen-bond acceptors (Lipinski definition) is 12. The Labute approximate surface area is 170 Å². The smallest absolute Gasteiger partial charge is 0.308 e. The summed E-state index contributed by atoms with van der Waals surface area (Å²) in [7, 11) is -16.1. The van der Waals surface area contributed by atoms with E-state index in [0.717, 1.165) is 0 Å². The predicted molar refractivity (Wildman–Crippen MR) is 102 cm³/mol. The molecule has 29 heavy (non-hydrogen) atoms. The molecule has 16 heteroatoms. The van der Waals surface area contributed by atoms with Crippen molar-refractivity contribution in [1.29, 1.82) is 0 Å². The van der Waals surface area contributed by atoms with Crippen LogP contribution < -0.4 is 0 Å². The van der Waals surface area contributed by atoms with Gasteiger partial charge in [-0.2, -0.15) is 16.8 Å². The van der Waals surface area contributed by atoms with Crippen LogP contribution in [0.25, 0.3) is 0 Å². The largest absolute Gasteiger partial charge is 0.343 e. The van der Waals surface area contributed by atoms with Crippen LogP contribution in [0.4, 0.5) is 0 Å². The Morgan fingerprint density at radius 1 is 0.793 bits per heavy atom. The molecular formula is C13H26O12P2S2. The van der Waals surface area contributed by atoms with E-state index < -0.39 is 77.3 Å². The first-order chi connectivity index (χ1) is 13.1. The maximum absolute atomic E-state index is 13.3. The van der Waals surface area contributed by atoms with E-state index in [0.29, 0.717) is 0 Å². The van der Waals surface area contributed by atoms with Crippen molar-refractivity contribution in [3.63, 3.8) is 0 Å². The van der Waals surface area contributed by atoms with Crippen LogP contribution in [0.1, 0.15) is 27.7 Å². The Balaban J connectivity index is 2.26. The molecule has 0 aliphatic carbocycles. The predicted octanol–water partition coefficient (Wildman–Crippen LogP) is 1.67. The zero-order valence-electron chi connectivity index (χ0n) is 16.6. The van der Waals surface area contributed by atoms with Crippen LogP contribution in [-0.4, -0.2) is 71.9 Å². The van der Waals surface area contributed by atoms with E-state index >= 15 is 0 Å². The second-order valence-electron chi connectivity index (χ2n) is 7.21. The average molecular weight is 500 g/mol. The summed E-state index contributed by atoms with van der Waals surface area (Å²) in [4.78, 5) is 0. The van der Waals surface area contributed by atoms with Crippen molar-refractivity contribution in [2.45, 2.75) is 38.9 Å². The summed E-state index contributed by atoms with van der Waals surface area (Å²) >= 11 is 0. The van der Waals surface area contributed by atoms with Crippen LogP contribution in [0.3, 0.4) is 0 Å². The summed E-state index contributed by atoms with van der Waals surface area (Å²) in [5.74, 6) is -1.98. The van der Waals surface area contributed by atoms with Crippen molar-refractivity contribution in [3.05, 3.63) is 0 Å². The Hall–Kier alpha value is 0.120. The van der Waals surface area contributed by atoms with Gasteiger partial charge in [0.15, 0.2) is 5.90 Å². The van der Waals surface area contributed by atoms with E-state index in [1.54, 1.807) is 0 Å². The van der Waals surface area contributed by atoms with E-state index in [2.05, 4.69) is 8.37 Å². The Kier molecular flexibility index (Phi) is 7.50. The molecule has 0 bridgehead atoms. The van der Waals surface area contributed by atoms with Crippen molar-refractivity contribution < 1.29 is 52.4 Å². The van der Waals surface area contributed by atoms with Gasteiger partial charge in [0, 0.05) is 0 Å². The molecule has 12 nitrogen and oxygen atoms in total. The first kappa shape index (κ1) is 25.4. The lowest BCUT2D eigenvalue weighted by Crippen LogP contribution is -2.34. The summed E-state index contributed by atoms with van der Waals surface area (Å²) in [5, 5.41) is 0. The summed E-state index contributed by atoms with van der Waals surface area (Å²) in [6, 6.07) is 0. The SMILES string of the molecule is CCOP(=O)(CP(=O)(OCC)OC1(C)COS(=O)(=O)C1)OC1(C)COS(=O)(=O)C1. The highest BCUT2D eigenvalue weighted by Crippen LogP contribution is 2.67. The monoisotopic (exact) mass is 500 g/mol. The molecule has 0 aromatic carbocycles. The second kappa shape index (κ2) is 8.57. The highest BCUT2D eigenvalue weighted by atomic mass is 32.2. The zero-order valence-corrected chi connectivity index (χ0v) is 20.0. The summed E-state index contributed by atoms with van der Waals surface area (Å²) in [6.45, 7) is 4.80. The Morgan fingerprint density at radius 2 is 1.14 bits per heavy atom. The molecule has 172 valence electrons. The number of hydrogen-bond donors (Lipinski definition) is 0. The third kappa shape index (κ3) is 7.06. The van der Waals surface area contributed by atoms with Crippen LogP contribution in [0.5, 0.6) is 0 Å². The molecule has 4 unspecified atom stereocenters. The summed E-state index contributed by atoms with van der Waals surface area (Å²) < 4.78 is 104. The van der Waals surface area contributed by atoms with Crippen LogP contribution in [0.15, 0.2) is 0 Å². The van der Waals surface area contributed by atoms with Crippen molar-refractivity contribution in [3.8, 4) is 0 Å².